The van der Waals surface area contributed by atoms with Gasteiger partial charge in [-0.25, -0.2) is 0 Å². The Morgan fingerprint density at radius 1 is 1.62 bits per heavy atom. The molecule has 0 aliphatic carbocycles. The predicted molar refractivity (Wildman–Crippen MR) is 36.3 cm³/mol. The molecular formula is C7H13N. The molecule has 46 valence electrons. The van der Waals surface area contributed by atoms with E-state index in [1.54, 1.807) is 0 Å². The summed E-state index contributed by atoms with van der Waals surface area (Å²) in [5.74, 6) is 5.83. The van der Waals surface area contributed by atoms with Gasteiger partial charge in [0.25, 0.3) is 0 Å². The Hall–Kier alpha value is -0.480. The molecule has 0 aliphatic rings. The van der Waals surface area contributed by atoms with Crippen LogP contribution in [0, 0.1) is 11.8 Å². The van der Waals surface area contributed by atoms with Crippen molar-refractivity contribution in [3.8, 4) is 11.8 Å². The summed E-state index contributed by atoms with van der Waals surface area (Å²) in [6, 6.07) is 0.0431. The van der Waals surface area contributed by atoms with Gasteiger partial charge in [-0.1, -0.05) is 12.8 Å². The van der Waals surface area contributed by atoms with E-state index < -0.39 is 0 Å². The monoisotopic (exact) mass is 111 g/mol. The quantitative estimate of drug-likeness (QED) is 0.504. The normalized spacial score (nSPS) is 11.9. The first kappa shape index (κ1) is 7.52. The molecule has 0 aromatic rings. The molecule has 0 saturated heterocycles. The van der Waals surface area contributed by atoms with Gasteiger partial charge >= 0.3 is 0 Å². The summed E-state index contributed by atoms with van der Waals surface area (Å²) in [4.78, 5) is 0. The summed E-state index contributed by atoms with van der Waals surface area (Å²) in [5, 5.41) is 0. The van der Waals surface area contributed by atoms with Crippen LogP contribution in [-0.4, -0.2) is 6.04 Å². The maximum absolute atomic E-state index is 5.36. The van der Waals surface area contributed by atoms with Gasteiger partial charge in [-0.3, -0.25) is 0 Å². The van der Waals surface area contributed by atoms with Crippen LogP contribution >= 0.6 is 0 Å². The van der Waals surface area contributed by atoms with Crippen molar-refractivity contribution in [2.45, 2.75) is 32.7 Å². The molecule has 1 nitrogen and oxygen atoms in total. The molecule has 1 heteroatoms. The Kier molecular flexibility index (Phi) is 4.39. The molecule has 0 spiro atoms. The van der Waals surface area contributed by atoms with Gasteiger partial charge < -0.3 is 5.73 Å². The molecule has 0 bridgehead atoms. The fourth-order valence-electron chi connectivity index (χ4n) is 0.358. The summed E-state index contributed by atoms with van der Waals surface area (Å²) in [6.07, 6.45) is 2.10. The fourth-order valence-corrected chi connectivity index (χ4v) is 0.358. The van der Waals surface area contributed by atoms with Gasteiger partial charge in [0.2, 0.25) is 0 Å². The summed E-state index contributed by atoms with van der Waals surface area (Å²) < 4.78 is 0. The topological polar surface area (TPSA) is 26.0 Å². The molecule has 8 heavy (non-hydrogen) atoms. The van der Waals surface area contributed by atoms with E-state index >= 15 is 0 Å². The van der Waals surface area contributed by atoms with E-state index in [0.717, 1.165) is 12.8 Å². The number of hydrogen-bond acceptors (Lipinski definition) is 1. The highest BCUT2D eigenvalue weighted by atomic mass is 14.6. The van der Waals surface area contributed by atoms with Crippen LogP contribution in [-0.2, 0) is 0 Å². The zero-order valence-corrected chi connectivity index (χ0v) is 5.57. The lowest BCUT2D eigenvalue weighted by molar-refractivity contribution is 0.942. The first-order chi connectivity index (χ1) is 3.77. The third kappa shape index (κ3) is 5.52. The molecule has 0 aromatic carbocycles. The van der Waals surface area contributed by atoms with E-state index in [-0.39, 0.29) is 6.04 Å². The minimum Gasteiger partial charge on any atom is -0.318 e. The Balaban J connectivity index is 3.20. The lowest BCUT2D eigenvalue weighted by Crippen LogP contribution is -2.10. The van der Waals surface area contributed by atoms with Gasteiger partial charge in [-0.05, 0) is 13.3 Å². The van der Waals surface area contributed by atoms with Crippen molar-refractivity contribution in [2.24, 2.45) is 5.73 Å². The minimum atomic E-state index is 0.0431. The molecule has 0 saturated carbocycles. The zero-order chi connectivity index (χ0) is 6.41. The highest BCUT2D eigenvalue weighted by Gasteiger charge is 1.78. The van der Waals surface area contributed by atoms with Crippen LogP contribution in [0.5, 0.6) is 0 Å². The zero-order valence-electron chi connectivity index (χ0n) is 5.57. The molecule has 0 heterocycles. The van der Waals surface area contributed by atoms with E-state index in [2.05, 4.69) is 18.8 Å². The summed E-state index contributed by atoms with van der Waals surface area (Å²) in [5.41, 5.74) is 5.36. The summed E-state index contributed by atoms with van der Waals surface area (Å²) in [7, 11) is 0. The van der Waals surface area contributed by atoms with Crippen molar-refractivity contribution in [3.63, 3.8) is 0 Å². The SMILES string of the molecule is CCCC#CC(C)N. The maximum Gasteiger partial charge on any atom is 0.0635 e. The average Bonchev–Trinajstić information content (AvgIpc) is 1.66. The van der Waals surface area contributed by atoms with E-state index in [4.69, 9.17) is 5.73 Å². The van der Waals surface area contributed by atoms with Crippen molar-refractivity contribution >= 4 is 0 Å². The van der Waals surface area contributed by atoms with E-state index in [1.165, 1.54) is 0 Å². The fraction of sp³-hybridized carbons (Fsp3) is 0.714. The molecular weight excluding hydrogens is 98.1 g/mol. The molecule has 0 aromatic heterocycles. The van der Waals surface area contributed by atoms with Gasteiger partial charge in [0.15, 0.2) is 0 Å². The Morgan fingerprint density at radius 3 is 2.62 bits per heavy atom. The van der Waals surface area contributed by atoms with E-state index in [9.17, 15) is 0 Å². The van der Waals surface area contributed by atoms with Gasteiger partial charge in [0, 0.05) is 6.42 Å². The molecule has 1 unspecified atom stereocenters. The minimum absolute atomic E-state index is 0.0431. The van der Waals surface area contributed by atoms with Gasteiger partial charge in [-0.15, -0.1) is 5.92 Å². The number of hydrogen-bond donors (Lipinski definition) is 1. The smallest absolute Gasteiger partial charge is 0.0635 e. The summed E-state index contributed by atoms with van der Waals surface area (Å²) >= 11 is 0. The van der Waals surface area contributed by atoms with Crippen LogP contribution in [0.15, 0.2) is 0 Å². The highest BCUT2D eigenvalue weighted by Crippen LogP contribution is 1.81. The molecule has 0 rings (SSSR count). The van der Waals surface area contributed by atoms with Crippen LogP contribution in [0.1, 0.15) is 26.7 Å². The van der Waals surface area contributed by atoms with Crippen molar-refractivity contribution in [1.82, 2.24) is 0 Å². The van der Waals surface area contributed by atoms with Crippen LogP contribution in [0.4, 0.5) is 0 Å². The van der Waals surface area contributed by atoms with E-state index in [1.807, 2.05) is 6.92 Å². The van der Waals surface area contributed by atoms with Crippen molar-refractivity contribution in [1.29, 1.82) is 0 Å². The molecule has 0 amide bonds. The lowest BCUT2D eigenvalue weighted by Gasteiger charge is -1.86. The maximum atomic E-state index is 5.36. The van der Waals surface area contributed by atoms with Crippen LogP contribution in [0.3, 0.4) is 0 Å². The molecule has 0 aliphatic heterocycles. The summed E-state index contributed by atoms with van der Waals surface area (Å²) in [6.45, 7) is 4.00. The lowest BCUT2D eigenvalue weighted by atomic mass is 10.3. The van der Waals surface area contributed by atoms with Gasteiger partial charge in [0.05, 0.1) is 6.04 Å². The first-order valence-corrected chi connectivity index (χ1v) is 3.01. The van der Waals surface area contributed by atoms with E-state index in [0.29, 0.717) is 0 Å². The van der Waals surface area contributed by atoms with Gasteiger partial charge in [-0.2, -0.15) is 0 Å². The van der Waals surface area contributed by atoms with Crippen molar-refractivity contribution in [2.75, 3.05) is 0 Å². The van der Waals surface area contributed by atoms with Crippen LogP contribution < -0.4 is 5.73 Å². The Bertz CT molecular complexity index is 94.7. The second-order valence-electron chi connectivity index (χ2n) is 1.86. The largest absolute Gasteiger partial charge is 0.318 e. The van der Waals surface area contributed by atoms with Gasteiger partial charge in [0.1, 0.15) is 0 Å². The van der Waals surface area contributed by atoms with Crippen LogP contribution in [0.25, 0.3) is 0 Å². The second-order valence-corrected chi connectivity index (χ2v) is 1.86. The van der Waals surface area contributed by atoms with Crippen LogP contribution in [0.2, 0.25) is 0 Å². The van der Waals surface area contributed by atoms with Crippen molar-refractivity contribution < 1.29 is 0 Å². The Labute approximate surface area is 51.3 Å². The highest BCUT2D eigenvalue weighted by molar-refractivity contribution is 5.04. The number of rotatable bonds is 1. The number of unbranched alkanes of at least 4 members (excludes halogenated alkanes) is 1. The average molecular weight is 111 g/mol. The Morgan fingerprint density at radius 2 is 2.25 bits per heavy atom. The third-order valence-corrected chi connectivity index (χ3v) is 0.705. The first-order valence-electron chi connectivity index (χ1n) is 3.01. The molecule has 1 atom stereocenters. The molecule has 2 N–H and O–H groups in total. The second kappa shape index (κ2) is 4.67. The third-order valence-electron chi connectivity index (χ3n) is 0.705. The molecule has 0 radical (unpaired) electrons. The van der Waals surface area contributed by atoms with Crippen molar-refractivity contribution in [3.05, 3.63) is 0 Å². The molecule has 0 fully saturated rings. The standard InChI is InChI=1S/C7H13N/c1-3-4-5-6-7(2)8/h7H,3-4,8H2,1-2H3. The predicted octanol–water partition coefficient (Wildman–Crippen LogP) is 1.14. The number of nitrogens with two attached hydrogens (primary N) is 1.